The highest BCUT2D eigenvalue weighted by atomic mass is 32.2. The number of sulfonamides is 1. The second kappa shape index (κ2) is 7.83. The number of rotatable bonds is 4. The normalized spacial score (nSPS) is 15.9. The van der Waals surface area contributed by atoms with Crippen LogP contribution in [-0.4, -0.2) is 49.7 Å². The van der Waals surface area contributed by atoms with E-state index in [0.717, 1.165) is 5.56 Å². The van der Waals surface area contributed by atoms with Crippen molar-refractivity contribution in [2.24, 2.45) is 0 Å². The summed E-state index contributed by atoms with van der Waals surface area (Å²) in [5, 5.41) is 10.5. The summed E-state index contributed by atoms with van der Waals surface area (Å²) in [5.74, 6) is -0.150. The topological polar surface area (TPSA) is 81.5 Å². The van der Waals surface area contributed by atoms with Crippen LogP contribution >= 0.6 is 11.3 Å². The average molecular weight is 387 g/mol. The van der Waals surface area contributed by atoms with Crippen LogP contribution in [0.1, 0.15) is 11.1 Å². The van der Waals surface area contributed by atoms with Crippen LogP contribution in [0.25, 0.3) is 6.08 Å². The van der Waals surface area contributed by atoms with Crippen LogP contribution < -0.4 is 0 Å². The van der Waals surface area contributed by atoms with E-state index in [1.165, 1.54) is 21.7 Å². The summed E-state index contributed by atoms with van der Waals surface area (Å²) in [7, 11) is -3.46. The van der Waals surface area contributed by atoms with Gasteiger partial charge in [-0.25, -0.2) is 8.42 Å². The Morgan fingerprint density at radius 2 is 1.81 bits per heavy atom. The van der Waals surface area contributed by atoms with Gasteiger partial charge in [-0.2, -0.15) is 9.57 Å². The van der Waals surface area contributed by atoms with Gasteiger partial charge in [0.15, 0.2) is 0 Å². The molecule has 3 rings (SSSR count). The van der Waals surface area contributed by atoms with Crippen LogP contribution in [0.15, 0.2) is 52.1 Å². The Morgan fingerprint density at radius 3 is 2.38 bits per heavy atom. The fourth-order valence-corrected chi connectivity index (χ4v) is 5.19. The van der Waals surface area contributed by atoms with Gasteiger partial charge in [-0.05, 0) is 35.2 Å². The number of nitrogens with zero attached hydrogens (tertiary/aromatic N) is 3. The Bertz CT molecular complexity index is 935. The van der Waals surface area contributed by atoms with E-state index in [4.69, 9.17) is 5.26 Å². The van der Waals surface area contributed by atoms with Gasteiger partial charge in [0, 0.05) is 32.3 Å². The van der Waals surface area contributed by atoms with Crippen LogP contribution in [0, 0.1) is 11.3 Å². The lowest BCUT2D eigenvalue weighted by molar-refractivity contribution is -0.127. The maximum Gasteiger partial charge on any atom is 0.252 e. The third-order valence-corrected chi connectivity index (χ3v) is 7.37. The number of nitriles is 1. The Hall–Kier alpha value is -2.47. The first-order valence-electron chi connectivity index (χ1n) is 8.01. The minimum atomic E-state index is -3.46. The van der Waals surface area contributed by atoms with Gasteiger partial charge in [0.2, 0.25) is 5.91 Å². The van der Waals surface area contributed by atoms with Crippen LogP contribution in [0.3, 0.4) is 0 Å². The third-order valence-electron chi connectivity index (χ3n) is 4.10. The van der Waals surface area contributed by atoms with E-state index in [0.29, 0.717) is 22.9 Å². The Kier molecular flexibility index (Phi) is 5.52. The lowest BCUT2D eigenvalue weighted by Crippen LogP contribution is -2.50. The molecule has 1 saturated heterocycles. The SMILES string of the molecule is N#Cc1ccc(/C=C/C(=O)N2CCN(S(=O)(=O)c3cccs3)CC2)cc1. The van der Waals surface area contributed by atoms with Crippen LogP contribution in [0.4, 0.5) is 0 Å². The Balaban J connectivity index is 1.58. The molecule has 1 fully saturated rings. The van der Waals surface area contributed by atoms with E-state index < -0.39 is 10.0 Å². The van der Waals surface area contributed by atoms with Crippen LogP contribution in [0.5, 0.6) is 0 Å². The van der Waals surface area contributed by atoms with Gasteiger partial charge in [-0.3, -0.25) is 4.79 Å². The van der Waals surface area contributed by atoms with Gasteiger partial charge in [0.1, 0.15) is 4.21 Å². The molecule has 0 unspecified atom stereocenters. The lowest BCUT2D eigenvalue weighted by atomic mass is 10.1. The summed E-state index contributed by atoms with van der Waals surface area (Å²) >= 11 is 1.20. The van der Waals surface area contributed by atoms with Crippen molar-refractivity contribution < 1.29 is 13.2 Å². The molecule has 1 aromatic carbocycles. The van der Waals surface area contributed by atoms with Crippen molar-refractivity contribution in [3.05, 3.63) is 59.0 Å². The highest BCUT2D eigenvalue weighted by molar-refractivity contribution is 7.91. The first-order valence-corrected chi connectivity index (χ1v) is 10.3. The van der Waals surface area contributed by atoms with Crippen molar-refractivity contribution >= 4 is 33.3 Å². The predicted molar refractivity (Wildman–Crippen MR) is 99.8 cm³/mol. The van der Waals surface area contributed by atoms with Gasteiger partial charge in [0.05, 0.1) is 11.6 Å². The van der Waals surface area contributed by atoms with Crippen molar-refractivity contribution in [3.8, 4) is 6.07 Å². The van der Waals surface area contributed by atoms with Gasteiger partial charge >= 0.3 is 0 Å². The fraction of sp³-hybridized carbons (Fsp3) is 0.222. The molecule has 0 spiro atoms. The van der Waals surface area contributed by atoms with E-state index in [-0.39, 0.29) is 19.0 Å². The van der Waals surface area contributed by atoms with E-state index in [9.17, 15) is 13.2 Å². The second-order valence-corrected chi connectivity index (χ2v) is 8.84. The highest BCUT2D eigenvalue weighted by Gasteiger charge is 2.30. The molecule has 0 bridgehead atoms. The van der Waals surface area contributed by atoms with Gasteiger partial charge in [-0.1, -0.05) is 18.2 Å². The quantitative estimate of drug-likeness (QED) is 0.753. The molecule has 134 valence electrons. The molecule has 0 aliphatic carbocycles. The summed E-state index contributed by atoms with van der Waals surface area (Å²) in [5.41, 5.74) is 1.40. The fourth-order valence-electron chi connectivity index (χ4n) is 2.63. The molecular formula is C18H17N3O3S2. The van der Waals surface area contributed by atoms with E-state index in [2.05, 4.69) is 0 Å². The first kappa shape index (κ1) is 18.3. The van der Waals surface area contributed by atoms with Crippen molar-refractivity contribution in [1.29, 1.82) is 5.26 Å². The predicted octanol–water partition coefficient (Wildman–Crippen LogP) is 2.17. The van der Waals surface area contributed by atoms with Gasteiger partial charge in [0.25, 0.3) is 10.0 Å². The largest absolute Gasteiger partial charge is 0.337 e. The van der Waals surface area contributed by atoms with E-state index >= 15 is 0 Å². The first-order chi connectivity index (χ1) is 12.5. The molecule has 0 saturated carbocycles. The van der Waals surface area contributed by atoms with E-state index in [1.807, 2.05) is 6.07 Å². The molecule has 1 aliphatic heterocycles. The zero-order valence-corrected chi connectivity index (χ0v) is 15.5. The number of carbonyl (C=O) groups is 1. The molecule has 0 atom stereocenters. The molecule has 1 aromatic heterocycles. The van der Waals surface area contributed by atoms with Crippen molar-refractivity contribution in [1.82, 2.24) is 9.21 Å². The number of carbonyl (C=O) groups excluding carboxylic acids is 1. The monoisotopic (exact) mass is 387 g/mol. The van der Waals surface area contributed by atoms with E-state index in [1.54, 1.807) is 52.8 Å². The number of benzene rings is 1. The lowest BCUT2D eigenvalue weighted by Gasteiger charge is -2.33. The zero-order valence-electron chi connectivity index (χ0n) is 13.9. The second-order valence-electron chi connectivity index (χ2n) is 5.73. The Labute approximate surface area is 156 Å². The summed E-state index contributed by atoms with van der Waals surface area (Å²) in [4.78, 5) is 13.9. The molecule has 0 N–H and O–H groups in total. The minimum absolute atomic E-state index is 0.150. The molecule has 0 radical (unpaired) electrons. The number of hydrogen-bond acceptors (Lipinski definition) is 5. The average Bonchev–Trinajstić information content (AvgIpc) is 3.22. The zero-order chi connectivity index (χ0) is 18.6. The van der Waals surface area contributed by atoms with Crippen LogP contribution in [-0.2, 0) is 14.8 Å². The van der Waals surface area contributed by atoms with Gasteiger partial charge in [-0.15, -0.1) is 11.3 Å². The number of amides is 1. The molecule has 1 amide bonds. The summed E-state index contributed by atoms with van der Waals surface area (Å²) in [6.07, 6.45) is 3.17. The number of piperazine rings is 1. The smallest absolute Gasteiger partial charge is 0.252 e. The molecular weight excluding hydrogens is 370 g/mol. The van der Waals surface area contributed by atoms with Crippen molar-refractivity contribution in [2.75, 3.05) is 26.2 Å². The summed E-state index contributed by atoms with van der Waals surface area (Å²) < 4.78 is 26.7. The molecule has 2 heterocycles. The Morgan fingerprint density at radius 1 is 1.12 bits per heavy atom. The van der Waals surface area contributed by atoms with Crippen molar-refractivity contribution in [3.63, 3.8) is 0 Å². The standard InChI is InChI=1S/C18H17N3O3S2/c19-14-16-5-3-15(4-6-16)7-8-17(22)20-9-11-21(12-10-20)26(23,24)18-2-1-13-25-18/h1-8,13H,9-12H2/b8-7+. The summed E-state index contributed by atoms with van der Waals surface area (Å²) in [6.45, 7) is 1.30. The van der Waals surface area contributed by atoms with Gasteiger partial charge < -0.3 is 4.90 Å². The maximum absolute atomic E-state index is 12.5. The molecule has 6 nitrogen and oxygen atoms in total. The molecule has 26 heavy (non-hydrogen) atoms. The summed E-state index contributed by atoms with van der Waals surface area (Å²) in [6, 6.07) is 12.3. The molecule has 1 aliphatic rings. The molecule has 2 aromatic rings. The number of thiophene rings is 1. The van der Waals surface area contributed by atoms with Crippen molar-refractivity contribution in [2.45, 2.75) is 4.21 Å². The highest BCUT2D eigenvalue weighted by Crippen LogP contribution is 2.22. The number of hydrogen-bond donors (Lipinski definition) is 0. The third kappa shape index (κ3) is 4.02. The maximum atomic E-state index is 12.5. The van der Waals surface area contributed by atoms with Crippen LogP contribution in [0.2, 0.25) is 0 Å². The molecule has 8 heteroatoms. The minimum Gasteiger partial charge on any atom is -0.337 e.